The first-order chi connectivity index (χ1) is 15.3. The Kier molecular flexibility index (Phi) is 5.75. The van der Waals surface area contributed by atoms with Crippen molar-refractivity contribution in [3.05, 3.63) is 63.3 Å². The monoisotopic (exact) mass is 437 g/mol. The summed E-state index contributed by atoms with van der Waals surface area (Å²) in [6, 6.07) is 13.8. The van der Waals surface area contributed by atoms with Gasteiger partial charge < -0.3 is 19.7 Å². The minimum atomic E-state index is -0.909. The second-order valence-corrected chi connectivity index (χ2v) is 8.20. The summed E-state index contributed by atoms with van der Waals surface area (Å²) >= 11 is 0. The van der Waals surface area contributed by atoms with Crippen LogP contribution in [0.2, 0.25) is 0 Å². The van der Waals surface area contributed by atoms with Gasteiger partial charge >= 0.3 is 5.69 Å². The van der Waals surface area contributed by atoms with Crippen molar-refractivity contribution in [1.29, 1.82) is 0 Å². The van der Waals surface area contributed by atoms with E-state index in [2.05, 4.69) is 10.3 Å². The molecule has 0 amide bonds. The third-order valence-electron chi connectivity index (χ3n) is 5.32. The highest BCUT2D eigenvalue weighted by atomic mass is 16.5. The molecule has 0 bridgehead atoms. The molecule has 4 aromatic rings. The molecule has 2 aromatic heterocycles. The topological polar surface area (TPSA) is 103 Å². The maximum Gasteiger partial charge on any atom is 0.332 e. The van der Waals surface area contributed by atoms with Crippen LogP contribution in [-0.2, 0) is 20.6 Å². The van der Waals surface area contributed by atoms with E-state index < -0.39 is 17.4 Å². The van der Waals surface area contributed by atoms with Crippen molar-refractivity contribution in [3.63, 3.8) is 0 Å². The standard InChI is InChI=1S/C23H27N5O4/c1-14(2)24-22-25-20-19(21(30)27(4)23(31)26(20)3)28(22)12-17(29)13-32-18-10-9-15-7-5-6-8-16(15)11-18/h5-11,14,17,29H,12-13H2,1-4H3,(H,24,25)/t17-/m1/s1. The minimum absolute atomic E-state index is 0.0329. The van der Waals surface area contributed by atoms with Crippen molar-refractivity contribution in [2.45, 2.75) is 32.5 Å². The molecule has 2 N–H and O–H groups in total. The van der Waals surface area contributed by atoms with Crippen molar-refractivity contribution in [1.82, 2.24) is 18.7 Å². The number of rotatable bonds is 7. The van der Waals surface area contributed by atoms with Gasteiger partial charge in [-0.05, 0) is 36.8 Å². The number of imidazole rings is 1. The first kappa shape index (κ1) is 21.6. The van der Waals surface area contributed by atoms with Gasteiger partial charge in [0.15, 0.2) is 11.2 Å². The van der Waals surface area contributed by atoms with Crippen molar-refractivity contribution in [2.75, 3.05) is 11.9 Å². The lowest BCUT2D eigenvalue weighted by molar-refractivity contribution is 0.0938. The zero-order valence-electron chi connectivity index (χ0n) is 18.6. The van der Waals surface area contributed by atoms with Gasteiger partial charge in [-0.1, -0.05) is 30.3 Å². The number of nitrogens with one attached hydrogen (secondary N) is 1. The van der Waals surface area contributed by atoms with E-state index in [0.29, 0.717) is 11.7 Å². The van der Waals surface area contributed by atoms with Crippen molar-refractivity contribution >= 4 is 27.9 Å². The second-order valence-electron chi connectivity index (χ2n) is 8.20. The maximum absolute atomic E-state index is 12.9. The lowest BCUT2D eigenvalue weighted by Gasteiger charge is -2.17. The Labute approximate surface area is 184 Å². The highest BCUT2D eigenvalue weighted by Gasteiger charge is 2.21. The molecule has 2 heterocycles. The van der Waals surface area contributed by atoms with E-state index in [-0.39, 0.29) is 30.4 Å². The first-order valence-electron chi connectivity index (χ1n) is 10.5. The Morgan fingerprint density at radius 2 is 1.78 bits per heavy atom. The summed E-state index contributed by atoms with van der Waals surface area (Å²) in [5.74, 6) is 1.06. The van der Waals surface area contributed by atoms with Crippen LogP contribution in [0.4, 0.5) is 5.95 Å². The summed E-state index contributed by atoms with van der Waals surface area (Å²) in [7, 11) is 3.00. The average molecular weight is 438 g/mol. The molecule has 2 aromatic carbocycles. The highest BCUT2D eigenvalue weighted by Crippen LogP contribution is 2.21. The van der Waals surface area contributed by atoms with Gasteiger partial charge in [0.05, 0.1) is 6.54 Å². The molecule has 0 saturated carbocycles. The third-order valence-corrected chi connectivity index (χ3v) is 5.32. The van der Waals surface area contributed by atoms with Crippen LogP contribution in [0, 0.1) is 0 Å². The predicted octanol–water partition coefficient (Wildman–Crippen LogP) is 1.85. The Balaban J connectivity index is 1.63. The maximum atomic E-state index is 12.9. The molecule has 9 nitrogen and oxygen atoms in total. The summed E-state index contributed by atoms with van der Waals surface area (Å²) < 4.78 is 9.80. The number of ether oxygens (including phenoxy) is 1. The van der Waals surface area contributed by atoms with E-state index in [1.54, 1.807) is 11.6 Å². The fraction of sp³-hybridized carbons (Fsp3) is 0.348. The van der Waals surface area contributed by atoms with Crippen LogP contribution in [-0.4, -0.2) is 42.5 Å². The van der Waals surface area contributed by atoms with Gasteiger partial charge in [-0.2, -0.15) is 4.98 Å². The van der Waals surface area contributed by atoms with Gasteiger partial charge in [0.2, 0.25) is 5.95 Å². The molecule has 0 radical (unpaired) electrons. The van der Waals surface area contributed by atoms with Crippen LogP contribution in [0.1, 0.15) is 13.8 Å². The molecule has 0 aliphatic rings. The molecule has 1 atom stereocenters. The largest absolute Gasteiger partial charge is 0.491 e. The SMILES string of the molecule is CC(C)Nc1nc2c(c(=O)n(C)c(=O)n2C)n1C[C@@H](O)COc1ccc2ccccc2c1. The number of fused-ring (bicyclic) bond motifs is 2. The third kappa shape index (κ3) is 3.99. The first-order valence-corrected chi connectivity index (χ1v) is 10.5. The number of hydrogen-bond acceptors (Lipinski definition) is 6. The molecular weight excluding hydrogens is 410 g/mol. The lowest BCUT2D eigenvalue weighted by Crippen LogP contribution is -2.38. The molecule has 4 rings (SSSR count). The van der Waals surface area contributed by atoms with Gasteiger partial charge in [-0.3, -0.25) is 13.9 Å². The van der Waals surface area contributed by atoms with Crippen molar-refractivity contribution < 1.29 is 9.84 Å². The summed E-state index contributed by atoms with van der Waals surface area (Å²) in [4.78, 5) is 29.6. The van der Waals surface area contributed by atoms with Gasteiger partial charge in [0.25, 0.3) is 5.56 Å². The Morgan fingerprint density at radius 3 is 2.50 bits per heavy atom. The smallest absolute Gasteiger partial charge is 0.332 e. The van der Waals surface area contributed by atoms with Gasteiger partial charge in [0, 0.05) is 20.1 Å². The quantitative estimate of drug-likeness (QED) is 0.457. The van der Waals surface area contributed by atoms with Crippen LogP contribution in [0.3, 0.4) is 0 Å². The van der Waals surface area contributed by atoms with Crippen LogP contribution in [0.15, 0.2) is 52.1 Å². The number of hydrogen-bond donors (Lipinski definition) is 2. The van der Waals surface area contributed by atoms with E-state index in [9.17, 15) is 14.7 Å². The number of anilines is 1. The number of benzene rings is 2. The summed E-state index contributed by atoms with van der Waals surface area (Å²) in [5, 5.41) is 16.1. The lowest BCUT2D eigenvalue weighted by atomic mass is 10.1. The van der Waals surface area contributed by atoms with E-state index in [4.69, 9.17) is 4.74 Å². The predicted molar refractivity (Wildman–Crippen MR) is 124 cm³/mol. The van der Waals surface area contributed by atoms with E-state index in [1.165, 1.54) is 11.6 Å². The Hall–Kier alpha value is -3.59. The summed E-state index contributed by atoms with van der Waals surface area (Å²) in [6.45, 7) is 4.00. The number of aliphatic hydroxyl groups is 1. The number of aryl methyl sites for hydroxylation is 1. The van der Waals surface area contributed by atoms with E-state index in [0.717, 1.165) is 15.3 Å². The Bertz CT molecular complexity index is 1400. The molecule has 32 heavy (non-hydrogen) atoms. The number of aromatic nitrogens is 4. The fourth-order valence-corrected chi connectivity index (χ4v) is 3.71. The molecule has 0 aliphatic heterocycles. The molecule has 0 aliphatic carbocycles. The molecular formula is C23H27N5O4. The van der Waals surface area contributed by atoms with Crippen LogP contribution < -0.4 is 21.3 Å². The fourth-order valence-electron chi connectivity index (χ4n) is 3.71. The van der Waals surface area contributed by atoms with Crippen LogP contribution in [0.25, 0.3) is 21.9 Å². The van der Waals surface area contributed by atoms with Crippen molar-refractivity contribution in [3.8, 4) is 5.75 Å². The number of nitrogens with zero attached hydrogens (tertiary/aromatic N) is 4. The Morgan fingerprint density at radius 1 is 1.06 bits per heavy atom. The highest BCUT2D eigenvalue weighted by molar-refractivity contribution is 5.83. The van der Waals surface area contributed by atoms with Crippen LogP contribution in [0.5, 0.6) is 5.75 Å². The summed E-state index contributed by atoms with van der Waals surface area (Å²) in [5.41, 5.74) is -0.398. The summed E-state index contributed by atoms with van der Waals surface area (Å²) in [6.07, 6.45) is -0.909. The van der Waals surface area contributed by atoms with Gasteiger partial charge in [-0.15, -0.1) is 0 Å². The molecule has 9 heteroatoms. The van der Waals surface area contributed by atoms with Gasteiger partial charge in [-0.25, -0.2) is 4.79 Å². The average Bonchev–Trinajstić information content (AvgIpc) is 3.11. The zero-order chi connectivity index (χ0) is 23.0. The minimum Gasteiger partial charge on any atom is -0.491 e. The second kappa shape index (κ2) is 8.51. The van der Waals surface area contributed by atoms with E-state index >= 15 is 0 Å². The molecule has 0 unspecified atom stereocenters. The zero-order valence-corrected chi connectivity index (χ0v) is 18.6. The number of aliphatic hydroxyl groups excluding tert-OH is 1. The molecule has 0 saturated heterocycles. The normalized spacial score (nSPS) is 12.6. The molecule has 0 fully saturated rings. The van der Waals surface area contributed by atoms with Crippen LogP contribution >= 0.6 is 0 Å². The van der Waals surface area contributed by atoms with Gasteiger partial charge in [0.1, 0.15) is 18.5 Å². The molecule has 0 spiro atoms. The van der Waals surface area contributed by atoms with Crippen molar-refractivity contribution in [2.24, 2.45) is 14.1 Å². The van der Waals surface area contributed by atoms with E-state index in [1.807, 2.05) is 56.3 Å². The molecule has 168 valence electrons.